The lowest BCUT2D eigenvalue weighted by Crippen LogP contribution is -2.19. The molecule has 2 heterocycles. The Morgan fingerprint density at radius 1 is 1.00 bits per heavy atom. The summed E-state index contributed by atoms with van der Waals surface area (Å²) >= 11 is 1.94. The van der Waals surface area contributed by atoms with Crippen molar-refractivity contribution in [2.75, 3.05) is 0 Å². The Balaban J connectivity index is 1.79. The quantitative estimate of drug-likeness (QED) is 0.513. The van der Waals surface area contributed by atoms with E-state index in [0.717, 1.165) is 24.5 Å². The fourth-order valence-corrected chi connectivity index (χ4v) is 4.65. The first-order chi connectivity index (χ1) is 11.3. The van der Waals surface area contributed by atoms with Crippen LogP contribution in [0.25, 0.3) is 6.08 Å². The third-order valence-corrected chi connectivity index (χ3v) is 5.96. The maximum absolute atomic E-state index is 6.08. The molecular formula is C20H27NOS. The number of benzene rings is 1. The maximum Gasteiger partial charge on any atom is 0.229 e. The average molecular weight is 330 g/mol. The zero-order valence-corrected chi connectivity index (χ0v) is 15.1. The molecule has 2 nitrogen and oxygen atoms in total. The Kier molecular flexibility index (Phi) is 5.47. The maximum atomic E-state index is 6.08. The van der Waals surface area contributed by atoms with E-state index >= 15 is 0 Å². The summed E-state index contributed by atoms with van der Waals surface area (Å²) in [6, 6.07) is 8.24. The second kappa shape index (κ2) is 7.57. The van der Waals surface area contributed by atoms with Crippen LogP contribution in [-0.2, 0) is 0 Å². The fraction of sp³-hybridized carbons (Fsp3) is 0.550. The van der Waals surface area contributed by atoms with E-state index in [1.165, 1.54) is 49.0 Å². The van der Waals surface area contributed by atoms with Crippen molar-refractivity contribution in [1.82, 2.24) is 0 Å². The summed E-state index contributed by atoms with van der Waals surface area (Å²) in [6.07, 6.45) is 12.2. The molecule has 0 saturated carbocycles. The van der Waals surface area contributed by atoms with E-state index in [1.54, 1.807) is 0 Å². The van der Waals surface area contributed by atoms with Crippen LogP contribution in [-0.4, -0.2) is 10.8 Å². The van der Waals surface area contributed by atoms with Crippen molar-refractivity contribution in [2.45, 2.75) is 70.1 Å². The van der Waals surface area contributed by atoms with Crippen molar-refractivity contribution < 1.29 is 4.74 Å². The van der Waals surface area contributed by atoms with Crippen molar-refractivity contribution in [2.24, 2.45) is 4.99 Å². The van der Waals surface area contributed by atoms with E-state index in [9.17, 15) is 0 Å². The van der Waals surface area contributed by atoms with Crippen LogP contribution in [0.1, 0.15) is 70.8 Å². The highest BCUT2D eigenvalue weighted by atomic mass is 32.2. The number of unbranched alkanes of at least 4 members (excludes halogenated alkanes) is 4. The van der Waals surface area contributed by atoms with Gasteiger partial charge in [-0.05, 0) is 25.0 Å². The zero-order chi connectivity index (χ0) is 16.1. The summed E-state index contributed by atoms with van der Waals surface area (Å²) in [5.41, 5.74) is 1.17. The molecule has 3 rings (SSSR count). The minimum absolute atomic E-state index is 0.00749. The van der Waals surface area contributed by atoms with E-state index in [-0.39, 0.29) is 4.87 Å². The molecule has 0 unspecified atom stereocenters. The molecule has 3 heteroatoms. The van der Waals surface area contributed by atoms with Crippen molar-refractivity contribution >= 4 is 23.7 Å². The van der Waals surface area contributed by atoms with Gasteiger partial charge in [-0.2, -0.15) is 0 Å². The lowest BCUT2D eigenvalue weighted by atomic mass is 10.0. The number of thioether (sulfide) groups is 1. The van der Waals surface area contributed by atoms with Gasteiger partial charge in [-0.15, -0.1) is 0 Å². The lowest BCUT2D eigenvalue weighted by Gasteiger charge is -2.24. The zero-order valence-electron chi connectivity index (χ0n) is 14.3. The number of hydrogen-bond donors (Lipinski definition) is 0. The smallest absolute Gasteiger partial charge is 0.229 e. The van der Waals surface area contributed by atoms with Crippen LogP contribution in [0.4, 0.5) is 0 Å². The minimum Gasteiger partial charge on any atom is -0.438 e. The molecular weight excluding hydrogens is 302 g/mol. The summed E-state index contributed by atoms with van der Waals surface area (Å²) in [6.45, 7) is 4.53. The molecule has 2 aliphatic rings. The summed E-state index contributed by atoms with van der Waals surface area (Å²) in [4.78, 5) is 6.30. The highest BCUT2D eigenvalue weighted by Crippen LogP contribution is 2.50. The number of rotatable bonds is 8. The Bertz CT molecular complexity index is 595. The highest BCUT2D eigenvalue weighted by Gasteiger charge is 2.40. The normalized spacial score (nSPS) is 17.8. The largest absolute Gasteiger partial charge is 0.438 e. The molecule has 124 valence electrons. The van der Waals surface area contributed by atoms with Crippen LogP contribution in [0, 0.1) is 0 Å². The Labute approximate surface area is 144 Å². The van der Waals surface area contributed by atoms with E-state index in [4.69, 9.17) is 9.73 Å². The molecule has 0 fully saturated rings. The first kappa shape index (κ1) is 16.6. The SMILES string of the molecule is CCCCCC1(CCCCC)N=C2Oc3ccccc3C=C2S1. The topological polar surface area (TPSA) is 21.6 Å². The molecule has 0 atom stereocenters. The van der Waals surface area contributed by atoms with Gasteiger partial charge in [0, 0.05) is 5.56 Å². The van der Waals surface area contributed by atoms with Gasteiger partial charge in [-0.25, -0.2) is 4.99 Å². The summed E-state index contributed by atoms with van der Waals surface area (Å²) in [5, 5.41) is 0. The minimum atomic E-state index is 0.00749. The standard InChI is InChI=1S/C20H27NOS/c1-3-5-9-13-20(14-10-6-4-2)21-19-18(23-20)15-16-11-7-8-12-17(16)22-19/h7-8,11-12,15H,3-6,9-10,13-14H2,1-2H3. The summed E-state index contributed by atoms with van der Waals surface area (Å²) < 4.78 is 6.08. The Morgan fingerprint density at radius 3 is 2.39 bits per heavy atom. The molecule has 1 aromatic carbocycles. The predicted octanol–water partition coefficient (Wildman–Crippen LogP) is 6.42. The number of para-hydroxylation sites is 1. The average Bonchev–Trinajstić information content (AvgIpc) is 2.90. The highest BCUT2D eigenvalue weighted by molar-refractivity contribution is 8.05. The van der Waals surface area contributed by atoms with Crippen LogP contribution in [0.5, 0.6) is 5.75 Å². The van der Waals surface area contributed by atoms with Crippen LogP contribution in [0.2, 0.25) is 0 Å². The van der Waals surface area contributed by atoms with E-state index in [2.05, 4.69) is 32.1 Å². The van der Waals surface area contributed by atoms with Crippen molar-refractivity contribution in [1.29, 1.82) is 0 Å². The van der Waals surface area contributed by atoms with Crippen LogP contribution in [0.3, 0.4) is 0 Å². The van der Waals surface area contributed by atoms with Gasteiger partial charge in [0.05, 0.1) is 4.91 Å². The fourth-order valence-electron chi connectivity index (χ4n) is 3.26. The molecule has 0 saturated heterocycles. The predicted molar refractivity (Wildman–Crippen MR) is 101 cm³/mol. The third kappa shape index (κ3) is 3.82. The van der Waals surface area contributed by atoms with Gasteiger partial charge in [-0.3, -0.25) is 0 Å². The molecule has 0 amide bonds. The van der Waals surface area contributed by atoms with Gasteiger partial charge in [-0.1, -0.05) is 82.3 Å². The van der Waals surface area contributed by atoms with Crippen molar-refractivity contribution in [3.8, 4) is 5.75 Å². The molecule has 0 aromatic heterocycles. The molecule has 0 N–H and O–H groups in total. The summed E-state index contributed by atoms with van der Waals surface area (Å²) in [7, 11) is 0. The van der Waals surface area contributed by atoms with Gasteiger partial charge in [0.15, 0.2) is 0 Å². The molecule has 0 spiro atoms. The van der Waals surface area contributed by atoms with E-state index < -0.39 is 0 Å². The van der Waals surface area contributed by atoms with Crippen LogP contribution < -0.4 is 4.74 Å². The molecule has 23 heavy (non-hydrogen) atoms. The van der Waals surface area contributed by atoms with Gasteiger partial charge in [0.25, 0.3) is 0 Å². The second-order valence-electron chi connectivity index (χ2n) is 6.53. The third-order valence-electron chi connectivity index (χ3n) is 4.57. The molecule has 1 aromatic rings. The van der Waals surface area contributed by atoms with Gasteiger partial charge < -0.3 is 4.74 Å². The number of hydrogen-bond acceptors (Lipinski definition) is 3. The van der Waals surface area contributed by atoms with E-state index in [1.807, 2.05) is 23.9 Å². The number of nitrogens with zero attached hydrogens (tertiary/aromatic N) is 1. The monoisotopic (exact) mass is 329 g/mol. The van der Waals surface area contributed by atoms with E-state index in [0.29, 0.717) is 0 Å². The number of aliphatic imine (C=N–C) groups is 1. The molecule has 0 radical (unpaired) electrons. The van der Waals surface area contributed by atoms with Crippen molar-refractivity contribution in [3.05, 3.63) is 34.7 Å². The van der Waals surface area contributed by atoms with Crippen LogP contribution in [0.15, 0.2) is 34.2 Å². The number of ether oxygens (including phenoxy) is 1. The lowest BCUT2D eigenvalue weighted by molar-refractivity contribution is 0.459. The Hall–Kier alpha value is -1.22. The van der Waals surface area contributed by atoms with Gasteiger partial charge in [0.2, 0.25) is 5.90 Å². The Morgan fingerprint density at radius 2 is 1.70 bits per heavy atom. The molecule has 2 aliphatic heterocycles. The molecule has 0 aliphatic carbocycles. The first-order valence-corrected chi connectivity index (χ1v) is 9.86. The van der Waals surface area contributed by atoms with Gasteiger partial charge >= 0.3 is 0 Å². The summed E-state index contributed by atoms with van der Waals surface area (Å²) in [5.74, 6) is 1.79. The second-order valence-corrected chi connectivity index (χ2v) is 7.93. The van der Waals surface area contributed by atoms with Crippen molar-refractivity contribution in [3.63, 3.8) is 0 Å². The van der Waals surface area contributed by atoms with Gasteiger partial charge in [0.1, 0.15) is 10.6 Å². The number of fused-ring (bicyclic) bond motifs is 2. The first-order valence-electron chi connectivity index (χ1n) is 9.04. The molecule has 0 bridgehead atoms. The van der Waals surface area contributed by atoms with Crippen LogP contribution >= 0.6 is 11.8 Å².